The summed E-state index contributed by atoms with van der Waals surface area (Å²) in [6.45, 7) is 2.12. The van der Waals surface area contributed by atoms with Gasteiger partial charge in [-0.25, -0.2) is 13.6 Å². The van der Waals surface area contributed by atoms with Gasteiger partial charge < -0.3 is 10.2 Å². The van der Waals surface area contributed by atoms with Gasteiger partial charge in [-0.1, -0.05) is 13.0 Å². The zero-order chi connectivity index (χ0) is 15.4. The fourth-order valence-corrected chi connectivity index (χ4v) is 3.77. The van der Waals surface area contributed by atoms with Crippen molar-refractivity contribution in [1.29, 1.82) is 0 Å². The quantitative estimate of drug-likeness (QED) is 0.907. The second kappa shape index (κ2) is 7.11. The molecule has 2 rings (SSSR count). The Bertz CT molecular complexity index is 492. The number of hydrogen-bond acceptors (Lipinski definition) is 2. The maximum atomic E-state index is 13.5. The van der Waals surface area contributed by atoms with Gasteiger partial charge in [-0.2, -0.15) is 11.8 Å². The number of thioether (sulfide) groups is 1. The van der Waals surface area contributed by atoms with Gasteiger partial charge in [-0.3, -0.25) is 0 Å². The van der Waals surface area contributed by atoms with E-state index in [0.29, 0.717) is 5.25 Å². The lowest BCUT2D eigenvalue weighted by Crippen LogP contribution is -2.39. The summed E-state index contributed by atoms with van der Waals surface area (Å²) in [5.74, 6) is -0.460. The molecule has 0 heterocycles. The molecule has 1 aromatic rings. The summed E-state index contributed by atoms with van der Waals surface area (Å²) in [7, 11) is 1.68. The van der Waals surface area contributed by atoms with E-state index in [1.807, 2.05) is 11.8 Å². The fourth-order valence-electron chi connectivity index (χ4n) is 2.63. The molecule has 1 aliphatic rings. The molecule has 116 valence electrons. The summed E-state index contributed by atoms with van der Waals surface area (Å²) in [6.07, 6.45) is 2.94. The standard InChI is InChI=1S/C15H20F2N2OS/c1-3-21-11-8-7-10(9-11)19(2)15(20)18-14-12(16)5-4-6-13(14)17/h4-6,10-11H,3,7-9H2,1-2H3,(H,18,20). The highest BCUT2D eigenvalue weighted by Gasteiger charge is 2.30. The van der Waals surface area contributed by atoms with Crippen molar-refractivity contribution in [3.8, 4) is 0 Å². The first-order valence-corrected chi connectivity index (χ1v) is 8.17. The van der Waals surface area contributed by atoms with E-state index < -0.39 is 17.7 Å². The lowest BCUT2D eigenvalue weighted by atomic mass is 10.2. The van der Waals surface area contributed by atoms with E-state index in [4.69, 9.17) is 0 Å². The number of amides is 2. The highest BCUT2D eigenvalue weighted by molar-refractivity contribution is 7.99. The number of benzene rings is 1. The van der Waals surface area contributed by atoms with Crippen LogP contribution in [-0.2, 0) is 0 Å². The molecule has 21 heavy (non-hydrogen) atoms. The second-order valence-corrected chi connectivity index (χ2v) is 6.76. The number of nitrogens with zero attached hydrogens (tertiary/aromatic N) is 1. The van der Waals surface area contributed by atoms with Gasteiger partial charge in [0.2, 0.25) is 0 Å². The molecule has 2 unspecified atom stereocenters. The van der Waals surface area contributed by atoms with Crippen LogP contribution >= 0.6 is 11.8 Å². The lowest BCUT2D eigenvalue weighted by molar-refractivity contribution is 0.204. The lowest BCUT2D eigenvalue weighted by Gasteiger charge is -2.25. The number of carbonyl (C=O) groups is 1. The van der Waals surface area contributed by atoms with Crippen LogP contribution < -0.4 is 5.32 Å². The van der Waals surface area contributed by atoms with Gasteiger partial charge in [-0.05, 0) is 37.1 Å². The summed E-state index contributed by atoms with van der Waals surface area (Å²) in [5, 5.41) is 2.90. The zero-order valence-electron chi connectivity index (χ0n) is 12.2. The van der Waals surface area contributed by atoms with E-state index in [1.165, 1.54) is 6.07 Å². The first-order valence-electron chi connectivity index (χ1n) is 7.12. The molecule has 0 aromatic heterocycles. The van der Waals surface area contributed by atoms with Crippen molar-refractivity contribution in [2.45, 2.75) is 37.5 Å². The van der Waals surface area contributed by atoms with Crippen LogP contribution in [0.5, 0.6) is 0 Å². The highest BCUT2D eigenvalue weighted by Crippen LogP contribution is 2.32. The number of carbonyl (C=O) groups excluding carboxylic acids is 1. The molecular formula is C15H20F2N2OS. The first-order chi connectivity index (χ1) is 10.0. The van der Waals surface area contributed by atoms with Crippen molar-refractivity contribution in [2.75, 3.05) is 18.1 Å². The molecule has 0 aliphatic heterocycles. The minimum Gasteiger partial charge on any atom is -0.325 e. The third-order valence-electron chi connectivity index (χ3n) is 3.82. The molecule has 0 saturated heterocycles. The van der Waals surface area contributed by atoms with E-state index >= 15 is 0 Å². The number of urea groups is 1. The van der Waals surface area contributed by atoms with Crippen LogP contribution in [0, 0.1) is 11.6 Å². The molecule has 1 saturated carbocycles. The Morgan fingerprint density at radius 1 is 1.38 bits per heavy atom. The molecule has 1 N–H and O–H groups in total. The molecule has 1 fully saturated rings. The second-order valence-electron chi connectivity index (χ2n) is 5.18. The molecule has 3 nitrogen and oxygen atoms in total. The molecule has 1 aromatic carbocycles. The van der Waals surface area contributed by atoms with Crippen molar-refractivity contribution in [3.05, 3.63) is 29.8 Å². The van der Waals surface area contributed by atoms with Gasteiger partial charge in [0.05, 0.1) is 0 Å². The van der Waals surface area contributed by atoms with E-state index in [0.717, 1.165) is 37.1 Å². The SMILES string of the molecule is CCSC1CCC(N(C)C(=O)Nc2c(F)cccc2F)C1. The number of nitrogens with one attached hydrogen (secondary N) is 1. The largest absolute Gasteiger partial charge is 0.325 e. The van der Waals surface area contributed by atoms with Crippen LogP contribution in [-0.4, -0.2) is 35.0 Å². The van der Waals surface area contributed by atoms with Crippen LogP contribution in [0.3, 0.4) is 0 Å². The van der Waals surface area contributed by atoms with Crippen LogP contribution in [0.1, 0.15) is 26.2 Å². The molecule has 2 atom stereocenters. The van der Waals surface area contributed by atoms with Crippen LogP contribution in [0.4, 0.5) is 19.3 Å². The van der Waals surface area contributed by atoms with Gasteiger partial charge in [0.25, 0.3) is 0 Å². The summed E-state index contributed by atoms with van der Waals surface area (Å²) in [4.78, 5) is 13.7. The smallest absolute Gasteiger partial charge is 0.321 e. The Morgan fingerprint density at radius 2 is 2.05 bits per heavy atom. The zero-order valence-corrected chi connectivity index (χ0v) is 13.1. The van der Waals surface area contributed by atoms with Crippen LogP contribution in [0.15, 0.2) is 18.2 Å². The first kappa shape index (κ1) is 16.1. The minimum atomic E-state index is -0.761. The molecule has 2 amide bonds. The van der Waals surface area contributed by atoms with Gasteiger partial charge in [0.1, 0.15) is 17.3 Å². The van der Waals surface area contributed by atoms with Crippen LogP contribution in [0.25, 0.3) is 0 Å². The molecule has 0 spiro atoms. The van der Waals surface area contributed by atoms with E-state index in [2.05, 4.69) is 12.2 Å². The Morgan fingerprint density at radius 3 is 2.67 bits per heavy atom. The van der Waals surface area contributed by atoms with Crippen LogP contribution in [0.2, 0.25) is 0 Å². The molecule has 0 bridgehead atoms. The third-order valence-corrected chi connectivity index (χ3v) is 5.05. The number of rotatable bonds is 4. The number of halogens is 2. The number of anilines is 1. The van der Waals surface area contributed by atoms with Gasteiger partial charge in [0.15, 0.2) is 0 Å². The topological polar surface area (TPSA) is 32.3 Å². The van der Waals surface area contributed by atoms with Gasteiger partial charge in [-0.15, -0.1) is 0 Å². The van der Waals surface area contributed by atoms with Gasteiger partial charge in [0, 0.05) is 18.3 Å². The minimum absolute atomic E-state index is 0.129. The predicted octanol–water partition coefficient (Wildman–Crippen LogP) is 4.10. The summed E-state index contributed by atoms with van der Waals surface area (Å²) < 4.78 is 27.1. The normalized spacial score (nSPS) is 21.3. The average Bonchev–Trinajstić information content (AvgIpc) is 2.91. The Kier molecular flexibility index (Phi) is 5.45. The van der Waals surface area contributed by atoms with Crippen molar-refractivity contribution in [1.82, 2.24) is 4.90 Å². The Hall–Kier alpha value is -1.30. The van der Waals surface area contributed by atoms with Crippen molar-refractivity contribution in [3.63, 3.8) is 0 Å². The van der Waals surface area contributed by atoms with Gasteiger partial charge >= 0.3 is 6.03 Å². The molecule has 6 heteroatoms. The third kappa shape index (κ3) is 3.87. The molecule has 0 radical (unpaired) electrons. The predicted molar refractivity (Wildman–Crippen MR) is 82.7 cm³/mol. The summed E-state index contributed by atoms with van der Waals surface area (Å²) in [6, 6.07) is 3.19. The molecule has 1 aliphatic carbocycles. The average molecular weight is 314 g/mol. The Balaban J connectivity index is 1.97. The highest BCUT2D eigenvalue weighted by atomic mass is 32.2. The number of hydrogen-bond donors (Lipinski definition) is 1. The fraction of sp³-hybridized carbons (Fsp3) is 0.533. The summed E-state index contributed by atoms with van der Waals surface area (Å²) in [5.41, 5.74) is -0.383. The number of para-hydroxylation sites is 1. The van der Waals surface area contributed by atoms with E-state index in [1.54, 1.807) is 11.9 Å². The molecular weight excluding hydrogens is 294 g/mol. The maximum Gasteiger partial charge on any atom is 0.321 e. The van der Waals surface area contributed by atoms with Crippen molar-refractivity contribution in [2.24, 2.45) is 0 Å². The van der Waals surface area contributed by atoms with Crippen molar-refractivity contribution < 1.29 is 13.6 Å². The summed E-state index contributed by atoms with van der Waals surface area (Å²) >= 11 is 1.90. The maximum absolute atomic E-state index is 13.5. The monoisotopic (exact) mass is 314 g/mol. The van der Waals surface area contributed by atoms with E-state index in [-0.39, 0.29) is 11.7 Å². The Labute approximate surface area is 128 Å². The van der Waals surface area contributed by atoms with E-state index in [9.17, 15) is 13.6 Å². The van der Waals surface area contributed by atoms with Crippen molar-refractivity contribution >= 4 is 23.5 Å².